The molecule has 13 heavy (non-hydrogen) atoms. The molecule has 5 heteroatoms. The van der Waals surface area contributed by atoms with Crippen LogP contribution in [0.5, 0.6) is 0 Å². The molecule has 0 saturated carbocycles. The minimum absolute atomic E-state index is 0.460. The topological polar surface area (TPSA) is 70.6 Å². The van der Waals surface area contributed by atoms with Crippen LogP contribution in [0.25, 0.3) is 0 Å². The van der Waals surface area contributed by atoms with Crippen molar-refractivity contribution < 1.29 is 14.6 Å². The van der Waals surface area contributed by atoms with Gasteiger partial charge in [-0.25, -0.2) is 4.79 Å². The molecule has 0 aliphatic rings. The van der Waals surface area contributed by atoms with Gasteiger partial charge in [0.05, 0.1) is 0 Å². The average Bonchev–Trinajstić information content (AvgIpc) is 2.09. The summed E-state index contributed by atoms with van der Waals surface area (Å²) in [6.45, 7) is 2.76. The first kappa shape index (κ1) is 12.2. The Labute approximate surface area is 78.5 Å². The van der Waals surface area contributed by atoms with Gasteiger partial charge in [0.1, 0.15) is 0 Å². The Hall–Kier alpha value is -0.810. The van der Waals surface area contributed by atoms with Gasteiger partial charge in [0.2, 0.25) is 0 Å². The quantitative estimate of drug-likeness (QED) is 0.480. The van der Waals surface area contributed by atoms with Crippen molar-refractivity contribution in [2.75, 3.05) is 33.4 Å². The first-order valence-corrected chi connectivity index (χ1v) is 4.46. The minimum Gasteiger partial charge on any atom is -0.465 e. The van der Waals surface area contributed by atoms with Gasteiger partial charge in [-0.3, -0.25) is 0 Å². The Morgan fingerprint density at radius 3 is 2.46 bits per heavy atom. The van der Waals surface area contributed by atoms with Gasteiger partial charge in [0.15, 0.2) is 0 Å². The van der Waals surface area contributed by atoms with Crippen LogP contribution in [0.1, 0.15) is 12.8 Å². The zero-order valence-electron chi connectivity index (χ0n) is 8.01. The van der Waals surface area contributed by atoms with Crippen LogP contribution in [0.2, 0.25) is 0 Å². The SMILES string of the molecule is CNCCCOCCCNC(=O)O. The molecule has 0 aliphatic carbocycles. The molecule has 0 bridgehead atoms. The van der Waals surface area contributed by atoms with Crippen molar-refractivity contribution in [2.45, 2.75) is 12.8 Å². The molecule has 0 radical (unpaired) electrons. The largest absolute Gasteiger partial charge is 0.465 e. The van der Waals surface area contributed by atoms with E-state index in [-0.39, 0.29) is 0 Å². The van der Waals surface area contributed by atoms with Gasteiger partial charge in [-0.1, -0.05) is 0 Å². The molecule has 1 amide bonds. The van der Waals surface area contributed by atoms with Crippen LogP contribution in [-0.4, -0.2) is 44.6 Å². The molecule has 0 fully saturated rings. The predicted octanol–water partition coefficient (Wildman–Crippen LogP) is 0.270. The zero-order chi connectivity index (χ0) is 9.94. The highest BCUT2D eigenvalue weighted by Crippen LogP contribution is 1.84. The number of ether oxygens (including phenoxy) is 1. The third-order valence-electron chi connectivity index (χ3n) is 1.46. The maximum Gasteiger partial charge on any atom is 0.404 e. The van der Waals surface area contributed by atoms with Gasteiger partial charge in [0.25, 0.3) is 0 Å². The Bertz CT molecular complexity index is 131. The van der Waals surface area contributed by atoms with E-state index in [0.717, 1.165) is 26.0 Å². The van der Waals surface area contributed by atoms with E-state index in [9.17, 15) is 4.79 Å². The van der Waals surface area contributed by atoms with Crippen molar-refractivity contribution in [3.63, 3.8) is 0 Å². The summed E-state index contributed by atoms with van der Waals surface area (Å²) in [6.07, 6.45) is 0.740. The van der Waals surface area contributed by atoms with Gasteiger partial charge in [-0.15, -0.1) is 0 Å². The molecule has 0 rings (SSSR count). The molecule has 5 nitrogen and oxygen atoms in total. The minimum atomic E-state index is -0.977. The number of nitrogens with one attached hydrogen (secondary N) is 2. The molecule has 3 N–H and O–H groups in total. The van der Waals surface area contributed by atoms with E-state index in [0.29, 0.717) is 13.2 Å². The van der Waals surface area contributed by atoms with Crippen molar-refractivity contribution in [2.24, 2.45) is 0 Å². The van der Waals surface area contributed by atoms with E-state index in [4.69, 9.17) is 9.84 Å². The van der Waals surface area contributed by atoms with E-state index in [2.05, 4.69) is 10.6 Å². The second kappa shape index (κ2) is 9.28. The van der Waals surface area contributed by atoms with Crippen LogP contribution in [-0.2, 0) is 4.74 Å². The lowest BCUT2D eigenvalue weighted by Crippen LogP contribution is -2.23. The highest BCUT2D eigenvalue weighted by atomic mass is 16.5. The maximum absolute atomic E-state index is 10.0. The van der Waals surface area contributed by atoms with Crippen LogP contribution in [0.3, 0.4) is 0 Å². The van der Waals surface area contributed by atoms with E-state index in [1.165, 1.54) is 0 Å². The monoisotopic (exact) mass is 190 g/mol. The molecule has 0 spiro atoms. The van der Waals surface area contributed by atoms with Gasteiger partial charge in [-0.2, -0.15) is 0 Å². The van der Waals surface area contributed by atoms with Crippen LogP contribution in [0.4, 0.5) is 4.79 Å². The summed E-state index contributed by atoms with van der Waals surface area (Å²) in [7, 11) is 1.90. The molecule has 0 heterocycles. The first-order chi connectivity index (χ1) is 6.27. The van der Waals surface area contributed by atoms with Gasteiger partial charge >= 0.3 is 6.09 Å². The molecular formula is C8H18N2O3. The first-order valence-electron chi connectivity index (χ1n) is 4.46. The van der Waals surface area contributed by atoms with Crippen molar-refractivity contribution in [1.82, 2.24) is 10.6 Å². The number of hydrogen-bond donors (Lipinski definition) is 3. The number of carbonyl (C=O) groups is 1. The maximum atomic E-state index is 10.0. The van der Waals surface area contributed by atoms with Crippen LogP contribution >= 0.6 is 0 Å². The normalized spacial score (nSPS) is 9.92. The highest BCUT2D eigenvalue weighted by molar-refractivity contribution is 5.64. The van der Waals surface area contributed by atoms with E-state index in [1.807, 2.05) is 7.05 Å². The van der Waals surface area contributed by atoms with Crippen molar-refractivity contribution in [3.05, 3.63) is 0 Å². The van der Waals surface area contributed by atoms with Gasteiger partial charge in [0, 0.05) is 19.8 Å². The molecule has 78 valence electrons. The fourth-order valence-corrected chi connectivity index (χ4v) is 0.823. The van der Waals surface area contributed by atoms with Crippen molar-refractivity contribution >= 4 is 6.09 Å². The summed E-state index contributed by atoms with van der Waals surface area (Å²) in [5.41, 5.74) is 0. The summed E-state index contributed by atoms with van der Waals surface area (Å²) in [6, 6.07) is 0. The molecule has 0 aliphatic heterocycles. The number of amides is 1. The Morgan fingerprint density at radius 1 is 1.31 bits per heavy atom. The fraction of sp³-hybridized carbons (Fsp3) is 0.875. The third kappa shape index (κ3) is 11.2. The summed E-state index contributed by atoms with van der Waals surface area (Å²) < 4.78 is 5.24. The lowest BCUT2D eigenvalue weighted by atomic mass is 10.4. The summed E-state index contributed by atoms with van der Waals surface area (Å²) in [5.74, 6) is 0. The summed E-state index contributed by atoms with van der Waals surface area (Å²) >= 11 is 0. The lowest BCUT2D eigenvalue weighted by molar-refractivity contribution is 0.129. The van der Waals surface area contributed by atoms with Crippen LogP contribution in [0, 0.1) is 0 Å². The molecular weight excluding hydrogens is 172 g/mol. The second-order valence-corrected chi connectivity index (χ2v) is 2.65. The molecule has 0 aromatic heterocycles. The Morgan fingerprint density at radius 2 is 1.92 bits per heavy atom. The molecule has 0 atom stereocenters. The smallest absolute Gasteiger partial charge is 0.404 e. The second-order valence-electron chi connectivity index (χ2n) is 2.65. The fourth-order valence-electron chi connectivity index (χ4n) is 0.823. The Balaban J connectivity index is 2.87. The van der Waals surface area contributed by atoms with Crippen molar-refractivity contribution in [3.8, 4) is 0 Å². The van der Waals surface area contributed by atoms with E-state index < -0.39 is 6.09 Å². The molecule has 0 saturated heterocycles. The van der Waals surface area contributed by atoms with E-state index >= 15 is 0 Å². The highest BCUT2D eigenvalue weighted by Gasteiger charge is 1.93. The summed E-state index contributed by atoms with van der Waals surface area (Å²) in [4.78, 5) is 10.0. The van der Waals surface area contributed by atoms with Crippen LogP contribution < -0.4 is 10.6 Å². The molecule has 0 aromatic rings. The molecule has 0 unspecified atom stereocenters. The predicted molar refractivity (Wildman–Crippen MR) is 50.0 cm³/mol. The zero-order valence-corrected chi connectivity index (χ0v) is 8.01. The van der Waals surface area contributed by atoms with Gasteiger partial charge < -0.3 is 20.5 Å². The Kier molecular flexibility index (Phi) is 8.70. The third-order valence-corrected chi connectivity index (χ3v) is 1.46. The number of rotatable bonds is 8. The van der Waals surface area contributed by atoms with Crippen molar-refractivity contribution in [1.29, 1.82) is 0 Å². The van der Waals surface area contributed by atoms with E-state index in [1.54, 1.807) is 0 Å². The molecule has 0 aromatic carbocycles. The summed E-state index contributed by atoms with van der Waals surface area (Å²) in [5, 5.41) is 13.5. The lowest BCUT2D eigenvalue weighted by Gasteiger charge is -2.03. The standard InChI is InChI=1S/C8H18N2O3/c1-9-4-2-6-13-7-3-5-10-8(11)12/h9-10H,2-7H2,1H3,(H,11,12). The van der Waals surface area contributed by atoms with Crippen LogP contribution in [0.15, 0.2) is 0 Å². The average molecular weight is 190 g/mol. The van der Waals surface area contributed by atoms with Gasteiger partial charge in [-0.05, 0) is 26.4 Å². The number of hydrogen-bond acceptors (Lipinski definition) is 3. The number of carboxylic acid groups (broad SMARTS) is 1.